The van der Waals surface area contributed by atoms with Crippen LogP contribution in [-0.4, -0.2) is 44.6 Å². The number of nitrogens with one attached hydrogen (secondary N) is 2. The van der Waals surface area contributed by atoms with E-state index in [2.05, 4.69) is 10.0 Å². The highest BCUT2D eigenvalue weighted by Gasteiger charge is 2.15. The lowest BCUT2D eigenvalue weighted by atomic mass is 10.1. The van der Waals surface area contributed by atoms with Gasteiger partial charge < -0.3 is 10.4 Å². The molecule has 0 bridgehead atoms. The maximum Gasteiger partial charge on any atom is 0.338 e. The highest BCUT2D eigenvalue weighted by molar-refractivity contribution is 7.99. The van der Waals surface area contributed by atoms with Crippen LogP contribution in [0.15, 0.2) is 23.1 Å². The molecule has 0 unspecified atom stereocenters. The molecule has 0 fully saturated rings. The lowest BCUT2D eigenvalue weighted by Gasteiger charge is -2.12. The van der Waals surface area contributed by atoms with Gasteiger partial charge in [0, 0.05) is 23.7 Å². The number of rotatable bonds is 9. The van der Waals surface area contributed by atoms with Crippen LogP contribution in [0.2, 0.25) is 0 Å². The Morgan fingerprint density at radius 2 is 2.05 bits per heavy atom. The van der Waals surface area contributed by atoms with Crippen LogP contribution in [0.4, 0.5) is 5.69 Å². The average Bonchev–Trinajstić information content (AvgIpc) is 2.37. The predicted octanol–water partition coefficient (Wildman–Crippen LogP) is 1.85. The van der Waals surface area contributed by atoms with E-state index in [1.165, 1.54) is 11.8 Å². The molecule has 1 aromatic rings. The fourth-order valence-corrected chi connectivity index (χ4v) is 3.09. The quantitative estimate of drug-likeness (QED) is 0.472. The van der Waals surface area contributed by atoms with Gasteiger partial charge in [-0.1, -0.05) is 13.0 Å². The summed E-state index contributed by atoms with van der Waals surface area (Å²) >= 11 is 1.48. The summed E-state index contributed by atoms with van der Waals surface area (Å²) in [4.78, 5) is 12.1. The molecule has 0 atom stereocenters. The molecule has 3 N–H and O–H groups in total. The van der Waals surface area contributed by atoms with Crippen LogP contribution in [0.5, 0.6) is 0 Å². The Hall–Kier alpha value is -1.25. The Morgan fingerprint density at radius 1 is 1.33 bits per heavy atom. The molecular formula is C13H20N2O4S2. The van der Waals surface area contributed by atoms with E-state index in [4.69, 9.17) is 0 Å². The first-order chi connectivity index (χ1) is 9.85. The summed E-state index contributed by atoms with van der Waals surface area (Å²) in [5, 5.41) is 12.4. The van der Waals surface area contributed by atoms with E-state index in [9.17, 15) is 18.3 Å². The number of hydrogen-bond acceptors (Lipinski definition) is 5. The first kappa shape index (κ1) is 17.8. The second-order valence-corrected chi connectivity index (χ2v) is 7.50. The smallest absolute Gasteiger partial charge is 0.338 e. The summed E-state index contributed by atoms with van der Waals surface area (Å²) in [5.74, 6) is -0.175. The van der Waals surface area contributed by atoms with E-state index in [0.717, 1.165) is 16.9 Å². The molecule has 8 heteroatoms. The zero-order valence-corrected chi connectivity index (χ0v) is 13.7. The van der Waals surface area contributed by atoms with E-state index in [1.807, 2.05) is 13.0 Å². The number of hydrogen-bond donors (Lipinski definition) is 3. The molecular weight excluding hydrogens is 312 g/mol. The third kappa shape index (κ3) is 6.36. The van der Waals surface area contributed by atoms with Crippen molar-refractivity contribution in [3.63, 3.8) is 0 Å². The van der Waals surface area contributed by atoms with Gasteiger partial charge in [-0.15, -0.1) is 11.8 Å². The second kappa shape index (κ2) is 8.26. The fraction of sp³-hybridized carbons (Fsp3) is 0.462. The molecule has 0 aliphatic carbocycles. The van der Waals surface area contributed by atoms with E-state index in [0.29, 0.717) is 25.2 Å². The largest absolute Gasteiger partial charge is 0.478 e. The Bertz CT molecular complexity index is 588. The van der Waals surface area contributed by atoms with Gasteiger partial charge in [-0.2, -0.15) is 0 Å². The number of carbonyl (C=O) groups is 1. The lowest BCUT2D eigenvalue weighted by Crippen LogP contribution is -2.24. The molecule has 21 heavy (non-hydrogen) atoms. The summed E-state index contributed by atoms with van der Waals surface area (Å²) < 4.78 is 24.2. The maximum absolute atomic E-state index is 11.4. The molecule has 0 aliphatic rings. The van der Waals surface area contributed by atoms with Crippen molar-refractivity contribution in [3.05, 3.63) is 23.8 Å². The van der Waals surface area contributed by atoms with Crippen LogP contribution in [0, 0.1) is 0 Å². The molecule has 0 radical (unpaired) electrons. The minimum Gasteiger partial charge on any atom is -0.478 e. The Balaban J connectivity index is 2.66. The van der Waals surface area contributed by atoms with E-state index >= 15 is 0 Å². The molecule has 0 aliphatic heterocycles. The lowest BCUT2D eigenvalue weighted by molar-refractivity contribution is 0.0694. The van der Waals surface area contributed by atoms with Gasteiger partial charge in [0.15, 0.2) is 0 Å². The summed E-state index contributed by atoms with van der Waals surface area (Å²) in [5.41, 5.74) is 0.820. The van der Waals surface area contributed by atoms with Crippen LogP contribution in [0.3, 0.4) is 0 Å². The van der Waals surface area contributed by atoms with Crippen molar-refractivity contribution in [2.45, 2.75) is 18.2 Å². The van der Waals surface area contributed by atoms with Crippen molar-refractivity contribution >= 4 is 33.4 Å². The topological polar surface area (TPSA) is 95.5 Å². The van der Waals surface area contributed by atoms with Crippen LogP contribution < -0.4 is 10.0 Å². The van der Waals surface area contributed by atoms with Gasteiger partial charge in [0.2, 0.25) is 10.0 Å². The molecule has 0 saturated heterocycles. The van der Waals surface area contributed by atoms with E-state index in [-0.39, 0.29) is 5.56 Å². The Kier molecular flexibility index (Phi) is 7.00. The van der Waals surface area contributed by atoms with Gasteiger partial charge in [-0.25, -0.2) is 17.9 Å². The number of aromatic carboxylic acids is 1. The maximum atomic E-state index is 11.4. The highest BCUT2D eigenvalue weighted by Crippen LogP contribution is 2.28. The van der Waals surface area contributed by atoms with E-state index < -0.39 is 16.0 Å². The molecule has 118 valence electrons. The number of sulfonamides is 1. The number of anilines is 1. The standard InChI is InChI=1S/C13H20N2O4S2/c1-3-20-11-7-4-6-10(12(11)13(16)17)14-8-5-9-15-21(2,18)19/h4,6-7,14-15H,3,5,8-9H2,1-2H3,(H,16,17). The van der Waals surface area contributed by atoms with Crippen molar-refractivity contribution in [2.24, 2.45) is 0 Å². The van der Waals surface area contributed by atoms with Gasteiger partial charge >= 0.3 is 5.97 Å². The third-order valence-electron chi connectivity index (χ3n) is 2.57. The molecule has 0 spiro atoms. The first-order valence-corrected chi connectivity index (χ1v) is 9.40. The van der Waals surface area contributed by atoms with Crippen molar-refractivity contribution in [1.82, 2.24) is 4.72 Å². The molecule has 0 heterocycles. The minimum atomic E-state index is -3.18. The van der Waals surface area contributed by atoms with Crippen LogP contribution in [-0.2, 0) is 10.0 Å². The Morgan fingerprint density at radius 3 is 2.62 bits per heavy atom. The zero-order chi connectivity index (χ0) is 15.9. The predicted molar refractivity (Wildman–Crippen MR) is 85.8 cm³/mol. The fourth-order valence-electron chi connectivity index (χ4n) is 1.74. The number of carboxylic acid groups (broad SMARTS) is 1. The molecule has 1 aromatic carbocycles. The van der Waals surface area contributed by atoms with Gasteiger partial charge in [-0.3, -0.25) is 0 Å². The van der Waals surface area contributed by atoms with Gasteiger partial charge in [-0.05, 0) is 24.3 Å². The Labute approximate surface area is 129 Å². The molecule has 6 nitrogen and oxygen atoms in total. The van der Waals surface area contributed by atoms with Gasteiger partial charge in [0.05, 0.1) is 11.8 Å². The third-order valence-corrected chi connectivity index (χ3v) is 4.24. The first-order valence-electron chi connectivity index (χ1n) is 6.52. The zero-order valence-electron chi connectivity index (χ0n) is 12.0. The van der Waals surface area contributed by atoms with Crippen LogP contribution >= 0.6 is 11.8 Å². The molecule has 0 aromatic heterocycles. The van der Waals surface area contributed by atoms with Gasteiger partial charge in [0.1, 0.15) is 0 Å². The van der Waals surface area contributed by atoms with Crippen LogP contribution in [0.25, 0.3) is 0 Å². The molecule has 0 saturated carbocycles. The number of carboxylic acids is 1. The number of benzene rings is 1. The SMILES string of the molecule is CCSc1cccc(NCCCNS(C)(=O)=O)c1C(=O)O. The molecule has 0 amide bonds. The van der Waals surface area contributed by atoms with Crippen molar-refractivity contribution in [2.75, 3.05) is 30.4 Å². The summed E-state index contributed by atoms with van der Waals surface area (Å²) in [6.07, 6.45) is 1.67. The van der Waals surface area contributed by atoms with E-state index in [1.54, 1.807) is 12.1 Å². The highest BCUT2D eigenvalue weighted by atomic mass is 32.2. The van der Waals surface area contributed by atoms with Crippen LogP contribution in [0.1, 0.15) is 23.7 Å². The normalized spacial score (nSPS) is 11.3. The second-order valence-electron chi connectivity index (χ2n) is 4.36. The van der Waals surface area contributed by atoms with Gasteiger partial charge in [0.25, 0.3) is 0 Å². The minimum absolute atomic E-state index is 0.264. The summed E-state index contributed by atoms with van der Waals surface area (Å²) in [6, 6.07) is 5.31. The molecule has 1 rings (SSSR count). The number of thioether (sulfide) groups is 1. The summed E-state index contributed by atoms with van der Waals surface area (Å²) in [7, 11) is -3.18. The average molecular weight is 332 g/mol. The van der Waals surface area contributed by atoms with Crippen molar-refractivity contribution in [1.29, 1.82) is 0 Å². The van der Waals surface area contributed by atoms with Crippen molar-refractivity contribution in [3.8, 4) is 0 Å². The van der Waals surface area contributed by atoms with Crippen molar-refractivity contribution < 1.29 is 18.3 Å². The summed E-state index contributed by atoms with van der Waals surface area (Å²) in [6.45, 7) is 2.77. The monoisotopic (exact) mass is 332 g/mol.